The summed E-state index contributed by atoms with van der Waals surface area (Å²) in [4.78, 5) is 4.01. The Balaban J connectivity index is 1.96. The van der Waals surface area contributed by atoms with Crippen molar-refractivity contribution in [2.24, 2.45) is 0 Å². The summed E-state index contributed by atoms with van der Waals surface area (Å²) in [6.07, 6.45) is 0.999. The zero-order chi connectivity index (χ0) is 15.9. The molecule has 0 spiro atoms. The number of pyridine rings is 1. The van der Waals surface area contributed by atoms with Gasteiger partial charge in [-0.2, -0.15) is 0 Å². The zero-order valence-electron chi connectivity index (χ0n) is 12.5. The van der Waals surface area contributed by atoms with Crippen LogP contribution < -0.4 is 14.8 Å². The van der Waals surface area contributed by atoms with Crippen LogP contribution in [0.3, 0.4) is 0 Å². The number of hydrogen-bond donors (Lipinski definition) is 2. The van der Waals surface area contributed by atoms with E-state index >= 15 is 0 Å². The number of ether oxygens (including phenoxy) is 2. The number of aliphatic hydroxyl groups is 1. The molecule has 0 aliphatic carbocycles. The van der Waals surface area contributed by atoms with Gasteiger partial charge in [0.2, 0.25) is 0 Å². The highest BCUT2D eigenvalue weighted by Gasteiger charge is 2.14. The van der Waals surface area contributed by atoms with Crippen LogP contribution in [0.25, 0.3) is 0 Å². The van der Waals surface area contributed by atoms with Gasteiger partial charge in [-0.05, 0) is 29.8 Å². The van der Waals surface area contributed by atoms with Gasteiger partial charge in [0.25, 0.3) is 0 Å². The number of halogens is 1. The quantitative estimate of drug-likeness (QED) is 0.767. The van der Waals surface area contributed by atoms with Gasteiger partial charge >= 0.3 is 0 Å². The second-order valence-corrected chi connectivity index (χ2v) is 5.13. The number of aromatic nitrogens is 1. The predicted octanol–water partition coefficient (Wildman–Crippen LogP) is 2.58. The summed E-state index contributed by atoms with van der Waals surface area (Å²) in [6, 6.07) is 8.97. The van der Waals surface area contributed by atoms with Crippen molar-refractivity contribution in [2.45, 2.75) is 12.6 Å². The summed E-state index contributed by atoms with van der Waals surface area (Å²) in [6.45, 7) is 0.972. The molecule has 22 heavy (non-hydrogen) atoms. The van der Waals surface area contributed by atoms with Crippen LogP contribution >= 0.6 is 11.6 Å². The summed E-state index contributed by atoms with van der Waals surface area (Å²) in [5.41, 5.74) is 1.68. The Morgan fingerprint density at radius 3 is 2.68 bits per heavy atom. The number of nitrogens with zero attached hydrogens (tertiary/aromatic N) is 1. The Hall–Kier alpha value is -1.82. The topological polar surface area (TPSA) is 63.6 Å². The molecule has 0 saturated heterocycles. The van der Waals surface area contributed by atoms with E-state index in [1.54, 1.807) is 44.7 Å². The highest BCUT2D eigenvalue weighted by Crippen LogP contribution is 2.29. The summed E-state index contributed by atoms with van der Waals surface area (Å²) < 4.78 is 10.5. The fraction of sp³-hybridized carbons (Fsp3) is 0.312. The van der Waals surface area contributed by atoms with Gasteiger partial charge in [0.1, 0.15) is 16.7 Å². The lowest BCUT2D eigenvalue weighted by molar-refractivity contribution is 0.169. The maximum atomic E-state index is 10.3. The first-order valence-electron chi connectivity index (χ1n) is 6.85. The van der Waals surface area contributed by atoms with Gasteiger partial charge in [0, 0.05) is 24.8 Å². The van der Waals surface area contributed by atoms with Crippen LogP contribution in [0.1, 0.15) is 17.2 Å². The third-order valence-electron chi connectivity index (χ3n) is 3.25. The standard InChI is InChI=1S/C16H19ClN2O3/c1-21-12-4-5-15(22-2)13(7-12)14(20)10-18-8-11-3-6-16(17)19-9-11/h3-7,9,14,18,20H,8,10H2,1-2H3. The molecular formula is C16H19ClN2O3. The first-order chi connectivity index (χ1) is 10.6. The molecule has 0 radical (unpaired) electrons. The molecular weight excluding hydrogens is 304 g/mol. The van der Waals surface area contributed by atoms with Gasteiger partial charge < -0.3 is 19.9 Å². The predicted molar refractivity (Wildman–Crippen MR) is 85.5 cm³/mol. The Morgan fingerprint density at radius 1 is 1.23 bits per heavy atom. The maximum absolute atomic E-state index is 10.3. The summed E-state index contributed by atoms with van der Waals surface area (Å²) >= 11 is 5.74. The number of methoxy groups -OCH3 is 2. The van der Waals surface area contributed by atoms with Crippen molar-refractivity contribution in [1.82, 2.24) is 10.3 Å². The van der Waals surface area contributed by atoms with Crippen LogP contribution in [0.2, 0.25) is 5.15 Å². The smallest absolute Gasteiger partial charge is 0.129 e. The van der Waals surface area contributed by atoms with Crippen molar-refractivity contribution >= 4 is 11.6 Å². The van der Waals surface area contributed by atoms with E-state index in [1.165, 1.54) is 0 Å². The summed E-state index contributed by atoms with van der Waals surface area (Å²) in [5, 5.41) is 14.0. The van der Waals surface area contributed by atoms with Gasteiger partial charge in [-0.1, -0.05) is 17.7 Å². The van der Waals surface area contributed by atoms with Crippen molar-refractivity contribution in [3.63, 3.8) is 0 Å². The van der Waals surface area contributed by atoms with Crippen molar-refractivity contribution in [1.29, 1.82) is 0 Å². The molecule has 1 atom stereocenters. The first-order valence-corrected chi connectivity index (χ1v) is 7.23. The highest BCUT2D eigenvalue weighted by atomic mass is 35.5. The van der Waals surface area contributed by atoms with Crippen molar-refractivity contribution < 1.29 is 14.6 Å². The molecule has 1 unspecified atom stereocenters. The Kier molecular flexibility index (Phi) is 6.00. The largest absolute Gasteiger partial charge is 0.497 e. The molecule has 0 saturated carbocycles. The van der Waals surface area contributed by atoms with Gasteiger partial charge in [0.15, 0.2) is 0 Å². The number of hydrogen-bond acceptors (Lipinski definition) is 5. The molecule has 6 heteroatoms. The zero-order valence-corrected chi connectivity index (χ0v) is 13.3. The molecule has 118 valence electrons. The van der Waals surface area contributed by atoms with Crippen molar-refractivity contribution in [2.75, 3.05) is 20.8 Å². The lowest BCUT2D eigenvalue weighted by atomic mass is 10.1. The summed E-state index contributed by atoms with van der Waals surface area (Å²) in [7, 11) is 3.16. The Morgan fingerprint density at radius 2 is 2.05 bits per heavy atom. The van der Waals surface area contributed by atoms with E-state index in [4.69, 9.17) is 21.1 Å². The molecule has 0 amide bonds. The lowest BCUT2D eigenvalue weighted by Gasteiger charge is -2.16. The highest BCUT2D eigenvalue weighted by molar-refractivity contribution is 6.29. The molecule has 1 aromatic carbocycles. The van der Waals surface area contributed by atoms with Crippen LogP contribution in [-0.2, 0) is 6.54 Å². The van der Waals surface area contributed by atoms with Gasteiger partial charge in [-0.3, -0.25) is 0 Å². The fourth-order valence-corrected chi connectivity index (χ4v) is 2.19. The molecule has 2 N–H and O–H groups in total. The van der Waals surface area contributed by atoms with Gasteiger partial charge in [-0.25, -0.2) is 4.98 Å². The van der Waals surface area contributed by atoms with Crippen LogP contribution in [0.15, 0.2) is 36.5 Å². The van der Waals surface area contributed by atoms with Crippen LogP contribution in [0.5, 0.6) is 11.5 Å². The van der Waals surface area contributed by atoms with E-state index < -0.39 is 6.10 Å². The van der Waals surface area contributed by atoms with E-state index in [-0.39, 0.29) is 0 Å². The van der Waals surface area contributed by atoms with Crippen LogP contribution in [-0.4, -0.2) is 30.9 Å². The lowest BCUT2D eigenvalue weighted by Crippen LogP contribution is -2.21. The molecule has 5 nitrogen and oxygen atoms in total. The average molecular weight is 323 g/mol. The summed E-state index contributed by atoms with van der Waals surface area (Å²) in [5.74, 6) is 1.31. The van der Waals surface area contributed by atoms with Crippen LogP contribution in [0.4, 0.5) is 0 Å². The van der Waals surface area contributed by atoms with Gasteiger partial charge in [-0.15, -0.1) is 0 Å². The molecule has 2 rings (SSSR count). The SMILES string of the molecule is COc1ccc(OC)c(C(O)CNCc2ccc(Cl)nc2)c1. The Labute approximate surface area is 134 Å². The van der Waals surface area contributed by atoms with Crippen molar-refractivity contribution in [3.05, 3.63) is 52.8 Å². The molecule has 1 heterocycles. The molecule has 1 aromatic heterocycles. The maximum Gasteiger partial charge on any atom is 0.129 e. The molecule has 0 fully saturated rings. The van der Waals surface area contributed by atoms with Crippen molar-refractivity contribution in [3.8, 4) is 11.5 Å². The molecule has 0 aliphatic rings. The number of nitrogens with one attached hydrogen (secondary N) is 1. The number of rotatable bonds is 7. The fourth-order valence-electron chi connectivity index (χ4n) is 2.07. The number of aliphatic hydroxyl groups excluding tert-OH is 1. The second kappa shape index (κ2) is 7.98. The molecule has 2 aromatic rings. The minimum atomic E-state index is -0.703. The first kappa shape index (κ1) is 16.5. The third kappa shape index (κ3) is 4.34. The van der Waals surface area contributed by atoms with E-state index in [0.717, 1.165) is 5.56 Å². The third-order valence-corrected chi connectivity index (χ3v) is 3.47. The van der Waals surface area contributed by atoms with E-state index in [0.29, 0.717) is 35.3 Å². The monoisotopic (exact) mass is 322 g/mol. The average Bonchev–Trinajstić information content (AvgIpc) is 2.56. The van der Waals surface area contributed by atoms with E-state index in [1.807, 2.05) is 6.07 Å². The normalized spacial score (nSPS) is 12.0. The molecule has 0 aliphatic heterocycles. The van der Waals surface area contributed by atoms with E-state index in [9.17, 15) is 5.11 Å². The minimum absolute atomic E-state index is 0.381. The number of benzene rings is 1. The van der Waals surface area contributed by atoms with Crippen LogP contribution in [0, 0.1) is 0 Å². The second-order valence-electron chi connectivity index (χ2n) is 4.74. The van der Waals surface area contributed by atoms with Gasteiger partial charge in [0.05, 0.1) is 20.3 Å². The van der Waals surface area contributed by atoms with E-state index in [2.05, 4.69) is 10.3 Å². The minimum Gasteiger partial charge on any atom is -0.497 e. The molecule has 0 bridgehead atoms. The Bertz CT molecular complexity index is 605.